The van der Waals surface area contributed by atoms with Gasteiger partial charge in [0, 0.05) is 5.57 Å². The van der Waals surface area contributed by atoms with Gasteiger partial charge < -0.3 is 5.11 Å². The Balaban J connectivity index is 4.77. The molecule has 0 aliphatic carbocycles. The molecule has 0 aliphatic rings. The molecule has 0 spiro atoms. The molecule has 0 unspecified atom stereocenters. The van der Waals surface area contributed by atoms with Crippen LogP contribution in [0.15, 0.2) is 11.1 Å². The maximum atomic E-state index is 12.3. The second-order valence-corrected chi connectivity index (χ2v) is 2.98. The summed E-state index contributed by atoms with van der Waals surface area (Å²) in [4.78, 5) is 0. The average molecular weight is 214 g/mol. The van der Waals surface area contributed by atoms with Gasteiger partial charge in [-0.1, -0.05) is 13.3 Å². The molecule has 0 aromatic carbocycles. The van der Waals surface area contributed by atoms with E-state index < -0.39 is 30.6 Å². The van der Waals surface area contributed by atoms with Gasteiger partial charge in [-0.25, -0.2) is 4.39 Å². The van der Waals surface area contributed by atoms with E-state index in [1.807, 2.05) is 0 Å². The molecule has 0 amide bonds. The first-order chi connectivity index (χ1) is 6.47. The molecular formula is C9H14F4O. The predicted octanol–water partition coefficient (Wildman–Crippen LogP) is 3.00. The summed E-state index contributed by atoms with van der Waals surface area (Å²) in [6, 6.07) is 0. The summed E-state index contributed by atoms with van der Waals surface area (Å²) >= 11 is 0. The lowest BCUT2D eigenvalue weighted by molar-refractivity contribution is -0.0957. The van der Waals surface area contributed by atoms with Crippen molar-refractivity contribution in [3.63, 3.8) is 0 Å². The zero-order valence-corrected chi connectivity index (χ0v) is 7.99. The molecule has 14 heavy (non-hydrogen) atoms. The van der Waals surface area contributed by atoms with Crippen LogP contribution < -0.4 is 0 Å². The van der Waals surface area contributed by atoms with Crippen molar-refractivity contribution >= 4 is 0 Å². The van der Waals surface area contributed by atoms with E-state index in [1.54, 1.807) is 6.92 Å². The standard InChI is InChI=1S/C9H14F4O/c1-2-3-4-8(9(11,12)13)7(5-10)6-14/h14H,2-6H2,1H3/b8-7-. The Bertz CT molecular complexity index is 189. The Morgan fingerprint density at radius 3 is 2.14 bits per heavy atom. The first-order valence-electron chi connectivity index (χ1n) is 4.42. The number of aliphatic hydroxyl groups is 1. The van der Waals surface area contributed by atoms with Gasteiger partial charge in [-0.3, -0.25) is 0 Å². The molecule has 0 saturated heterocycles. The number of unbranched alkanes of at least 4 members (excludes halogenated alkanes) is 1. The Kier molecular flexibility index (Phi) is 5.76. The molecule has 0 atom stereocenters. The molecular weight excluding hydrogens is 200 g/mol. The normalized spacial score (nSPS) is 14.1. The SMILES string of the molecule is CCCC/C(=C(/CO)CF)C(F)(F)F. The molecule has 0 fully saturated rings. The molecule has 0 saturated carbocycles. The monoisotopic (exact) mass is 214 g/mol. The van der Waals surface area contributed by atoms with Crippen molar-refractivity contribution < 1.29 is 22.7 Å². The summed E-state index contributed by atoms with van der Waals surface area (Å²) in [5, 5.41) is 8.56. The van der Waals surface area contributed by atoms with E-state index in [-0.39, 0.29) is 6.42 Å². The molecule has 0 rings (SSSR count). The fourth-order valence-electron chi connectivity index (χ4n) is 1.09. The van der Waals surface area contributed by atoms with Gasteiger partial charge in [-0.15, -0.1) is 0 Å². The lowest BCUT2D eigenvalue weighted by atomic mass is 10.0. The minimum Gasteiger partial charge on any atom is -0.392 e. The smallest absolute Gasteiger partial charge is 0.392 e. The molecule has 0 bridgehead atoms. The van der Waals surface area contributed by atoms with E-state index in [9.17, 15) is 17.6 Å². The average Bonchev–Trinajstić information content (AvgIpc) is 2.10. The van der Waals surface area contributed by atoms with Crippen LogP contribution in [0.3, 0.4) is 0 Å². The molecule has 5 heteroatoms. The topological polar surface area (TPSA) is 20.2 Å². The summed E-state index contributed by atoms with van der Waals surface area (Å²) in [6.07, 6.45) is -3.80. The predicted molar refractivity (Wildman–Crippen MR) is 45.7 cm³/mol. The number of allylic oxidation sites excluding steroid dienone is 1. The van der Waals surface area contributed by atoms with Crippen molar-refractivity contribution in [2.75, 3.05) is 13.3 Å². The van der Waals surface area contributed by atoms with Crippen LogP contribution in [-0.2, 0) is 0 Å². The van der Waals surface area contributed by atoms with Crippen molar-refractivity contribution in [2.24, 2.45) is 0 Å². The third kappa shape index (κ3) is 4.09. The first kappa shape index (κ1) is 13.4. The van der Waals surface area contributed by atoms with E-state index in [0.717, 1.165) is 0 Å². The quantitative estimate of drug-likeness (QED) is 0.551. The fourth-order valence-corrected chi connectivity index (χ4v) is 1.09. The van der Waals surface area contributed by atoms with Crippen molar-refractivity contribution in [3.8, 4) is 0 Å². The van der Waals surface area contributed by atoms with Crippen LogP contribution in [0, 0.1) is 0 Å². The molecule has 0 heterocycles. The highest BCUT2D eigenvalue weighted by molar-refractivity contribution is 5.19. The number of halogens is 4. The van der Waals surface area contributed by atoms with Crippen LogP contribution in [0.4, 0.5) is 17.6 Å². The van der Waals surface area contributed by atoms with E-state index in [4.69, 9.17) is 5.11 Å². The van der Waals surface area contributed by atoms with Crippen molar-refractivity contribution in [2.45, 2.75) is 32.4 Å². The summed E-state index contributed by atoms with van der Waals surface area (Å²) in [5.74, 6) is 0. The lowest BCUT2D eigenvalue weighted by Gasteiger charge is -2.14. The number of rotatable bonds is 5. The number of hydrogen-bond donors (Lipinski definition) is 1. The fraction of sp³-hybridized carbons (Fsp3) is 0.778. The van der Waals surface area contributed by atoms with Gasteiger partial charge in [0.05, 0.1) is 6.61 Å². The summed E-state index contributed by atoms with van der Waals surface area (Å²) in [5.41, 5.74) is -1.46. The van der Waals surface area contributed by atoms with Gasteiger partial charge in [0.15, 0.2) is 0 Å². The van der Waals surface area contributed by atoms with Crippen molar-refractivity contribution in [1.29, 1.82) is 0 Å². The maximum absolute atomic E-state index is 12.3. The van der Waals surface area contributed by atoms with Gasteiger partial charge in [-0.2, -0.15) is 13.2 Å². The van der Waals surface area contributed by atoms with E-state index >= 15 is 0 Å². The Hall–Kier alpha value is -0.580. The summed E-state index contributed by atoms with van der Waals surface area (Å²) in [7, 11) is 0. The Morgan fingerprint density at radius 1 is 1.29 bits per heavy atom. The van der Waals surface area contributed by atoms with Crippen LogP contribution in [0.5, 0.6) is 0 Å². The number of alkyl halides is 4. The van der Waals surface area contributed by atoms with Crippen LogP contribution >= 0.6 is 0 Å². The highest BCUT2D eigenvalue weighted by Gasteiger charge is 2.35. The van der Waals surface area contributed by atoms with Gasteiger partial charge >= 0.3 is 6.18 Å². The summed E-state index contributed by atoms with van der Waals surface area (Å²) < 4.78 is 49.1. The zero-order valence-electron chi connectivity index (χ0n) is 7.99. The van der Waals surface area contributed by atoms with E-state index in [0.29, 0.717) is 12.8 Å². The number of hydrogen-bond acceptors (Lipinski definition) is 1. The maximum Gasteiger partial charge on any atom is 0.412 e. The third-order valence-corrected chi connectivity index (χ3v) is 1.90. The van der Waals surface area contributed by atoms with Gasteiger partial charge in [0.1, 0.15) is 6.67 Å². The Morgan fingerprint density at radius 2 is 1.86 bits per heavy atom. The molecule has 0 aliphatic heterocycles. The first-order valence-corrected chi connectivity index (χ1v) is 4.42. The Labute approximate surface area is 80.4 Å². The summed E-state index contributed by atoms with van der Waals surface area (Å²) in [6.45, 7) is -0.355. The molecule has 0 aromatic rings. The van der Waals surface area contributed by atoms with Crippen LogP contribution in [0.2, 0.25) is 0 Å². The van der Waals surface area contributed by atoms with Gasteiger partial charge in [0.2, 0.25) is 0 Å². The molecule has 1 N–H and O–H groups in total. The largest absolute Gasteiger partial charge is 0.412 e. The molecule has 84 valence electrons. The third-order valence-electron chi connectivity index (χ3n) is 1.90. The van der Waals surface area contributed by atoms with Crippen molar-refractivity contribution in [3.05, 3.63) is 11.1 Å². The highest BCUT2D eigenvalue weighted by atomic mass is 19.4. The minimum atomic E-state index is -4.53. The zero-order chi connectivity index (χ0) is 11.2. The second kappa shape index (κ2) is 6.01. The van der Waals surface area contributed by atoms with Crippen molar-refractivity contribution in [1.82, 2.24) is 0 Å². The van der Waals surface area contributed by atoms with Gasteiger partial charge in [0.25, 0.3) is 0 Å². The van der Waals surface area contributed by atoms with Crippen LogP contribution in [-0.4, -0.2) is 24.6 Å². The second-order valence-electron chi connectivity index (χ2n) is 2.98. The van der Waals surface area contributed by atoms with Crippen LogP contribution in [0.25, 0.3) is 0 Å². The number of aliphatic hydroxyl groups excluding tert-OH is 1. The van der Waals surface area contributed by atoms with Crippen LogP contribution in [0.1, 0.15) is 26.2 Å². The molecule has 0 radical (unpaired) electrons. The molecule has 1 nitrogen and oxygen atoms in total. The van der Waals surface area contributed by atoms with E-state index in [1.165, 1.54) is 0 Å². The lowest BCUT2D eigenvalue weighted by Crippen LogP contribution is -2.17. The minimum absolute atomic E-state index is 0.222. The molecule has 0 aromatic heterocycles. The highest BCUT2D eigenvalue weighted by Crippen LogP contribution is 2.32. The van der Waals surface area contributed by atoms with Gasteiger partial charge in [-0.05, 0) is 18.4 Å². The van der Waals surface area contributed by atoms with E-state index in [2.05, 4.69) is 0 Å².